The normalized spacial score (nSPS) is 11.1. The maximum Gasteiger partial charge on any atom is 0.482 e. The van der Waals surface area contributed by atoms with E-state index in [1.165, 1.54) is 23.5 Å². The Morgan fingerprint density at radius 1 is 0.833 bits per heavy atom. The van der Waals surface area contributed by atoms with E-state index in [1.54, 1.807) is 36.4 Å². The van der Waals surface area contributed by atoms with Crippen molar-refractivity contribution in [1.82, 2.24) is 0 Å². The SMILES string of the molecule is FC(F)(F)Nc1ccccc1Oc1ccccc1. The highest BCUT2D eigenvalue weighted by molar-refractivity contribution is 5.57. The molecule has 2 rings (SSSR count). The van der Waals surface area contributed by atoms with Gasteiger partial charge < -0.3 is 4.74 Å². The molecule has 0 amide bonds. The molecule has 0 radical (unpaired) electrons. The van der Waals surface area contributed by atoms with Crippen LogP contribution in [0.4, 0.5) is 18.9 Å². The average molecular weight is 253 g/mol. The van der Waals surface area contributed by atoms with Crippen LogP contribution < -0.4 is 10.1 Å². The molecule has 0 bridgehead atoms. The fourth-order valence-electron chi connectivity index (χ4n) is 1.43. The van der Waals surface area contributed by atoms with Gasteiger partial charge in [-0.1, -0.05) is 30.3 Å². The van der Waals surface area contributed by atoms with Gasteiger partial charge in [0.1, 0.15) is 5.75 Å². The fourth-order valence-corrected chi connectivity index (χ4v) is 1.43. The van der Waals surface area contributed by atoms with Crippen LogP contribution in [0.2, 0.25) is 0 Å². The van der Waals surface area contributed by atoms with Crippen LogP contribution in [0.3, 0.4) is 0 Å². The van der Waals surface area contributed by atoms with Crippen LogP contribution in [-0.4, -0.2) is 6.30 Å². The van der Waals surface area contributed by atoms with Crippen molar-refractivity contribution in [1.29, 1.82) is 0 Å². The van der Waals surface area contributed by atoms with E-state index in [0.29, 0.717) is 5.75 Å². The highest BCUT2D eigenvalue weighted by atomic mass is 19.4. The first-order valence-electron chi connectivity index (χ1n) is 5.21. The molecular formula is C13H10F3NO. The van der Waals surface area contributed by atoms with Crippen LogP contribution >= 0.6 is 0 Å². The summed E-state index contributed by atoms with van der Waals surface area (Å²) in [6.45, 7) is 0. The Kier molecular flexibility index (Phi) is 3.41. The number of ether oxygens (including phenoxy) is 1. The van der Waals surface area contributed by atoms with Gasteiger partial charge in [0.05, 0.1) is 5.69 Å². The first-order valence-corrected chi connectivity index (χ1v) is 5.21. The molecule has 0 spiro atoms. The van der Waals surface area contributed by atoms with E-state index in [2.05, 4.69) is 0 Å². The molecule has 18 heavy (non-hydrogen) atoms. The number of hydrogen-bond donors (Lipinski definition) is 1. The largest absolute Gasteiger partial charge is 0.482 e. The van der Waals surface area contributed by atoms with Gasteiger partial charge in [0.2, 0.25) is 0 Å². The van der Waals surface area contributed by atoms with Gasteiger partial charge in [-0.05, 0) is 24.3 Å². The van der Waals surface area contributed by atoms with Crippen LogP contribution in [0.1, 0.15) is 0 Å². The van der Waals surface area contributed by atoms with Crippen molar-refractivity contribution in [2.75, 3.05) is 5.32 Å². The van der Waals surface area contributed by atoms with Gasteiger partial charge in [-0.2, -0.15) is 13.2 Å². The van der Waals surface area contributed by atoms with Crippen molar-refractivity contribution in [2.45, 2.75) is 6.30 Å². The molecule has 0 heterocycles. The minimum atomic E-state index is -4.49. The summed E-state index contributed by atoms with van der Waals surface area (Å²) >= 11 is 0. The second kappa shape index (κ2) is 5.00. The quantitative estimate of drug-likeness (QED) is 0.818. The maximum atomic E-state index is 12.3. The van der Waals surface area contributed by atoms with Crippen LogP contribution in [0.25, 0.3) is 0 Å². The summed E-state index contributed by atoms with van der Waals surface area (Å²) in [7, 11) is 0. The first-order chi connectivity index (χ1) is 8.54. The molecule has 0 aliphatic rings. The van der Waals surface area contributed by atoms with E-state index in [0.717, 1.165) is 0 Å². The Labute approximate surface area is 102 Å². The van der Waals surface area contributed by atoms with Crippen LogP contribution in [0.5, 0.6) is 11.5 Å². The number of halogens is 3. The lowest BCUT2D eigenvalue weighted by Crippen LogP contribution is -2.20. The molecule has 0 saturated heterocycles. The third kappa shape index (κ3) is 3.41. The molecule has 0 atom stereocenters. The molecule has 2 nitrogen and oxygen atoms in total. The van der Waals surface area contributed by atoms with Crippen LogP contribution in [-0.2, 0) is 0 Å². The van der Waals surface area contributed by atoms with E-state index >= 15 is 0 Å². The Morgan fingerprint density at radius 3 is 2.11 bits per heavy atom. The lowest BCUT2D eigenvalue weighted by Gasteiger charge is -2.14. The number of hydrogen-bond acceptors (Lipinski definition) is 2. The average Bonchev–Trinajstić information content (AvgIpc) is 2.31. The monoisotopic (exact) mass is 253 g/mol. The maximum absolute atomic E-state index is 12.3. The first kappa shape index (κ1) is 12.3. The summed E-state index contributed by atoms with van der Waals surface area (Å²) in [6.07, 6.45) is -4.49. The number of para-hydroxylation sites is 3. The summed E-state index contributed by atoms with van der Waals surface area (Å²) < 4.78 is 42.3. The summed E-state index contributed by atoms with van der Waals surface area (Å²) in [5, 5.41) is 1.44. The number of benzene rings is 2. The molecule has 2 aromatic rings. The van der Waals surface area contributed by atoms with E-state index in [1.807, 2.05) is 0 Å². The standard InChI is InChI=1S/C13H10F3NO/c14-13(15,16)17-11-8-4-5-9-12(11)18-10-6-2-1-3-7-10/h1-9,17H. The minimum Gasteiger partial charge on any atom is -0.455 e. The molecule has 0 aromatic heterocycles. The second-order valence-corrected chi connectivity index (χ2v) is 3.53. The number of alkyl halides is 3. The Balaban J connectivity index is 2.23. The van der Waals surface area contributed by atoms with Gasteiger partial charge in [-0.3, -0.25) is 5.32 Å². The molecule has 94 valence electrons. The van der Waals surface area contributed by atoms with Crippen molar-refractivity contribution in [3.63, 3.8) is 0 Å². The summed E-state index contributed by atoms with van der Waals surface area (Å²) in [5.41, 5.74) is -0.117. The summed E-state index contributed by atoms with van der Waals surface area (Å²) in [6, 6.07) is 14.5. The molecule has 0 unspecified atom stereocenters. The third-order valence-electron chi connectivity index (χ3n) is 2.13. The number of anilines is 1. The van der Waals surface area contributed by atoms with Crippen LogP contribution in [0, 0.1) is 0 Å². The van der Waals surface area contributed by atoms with Crippen molar-refractivity contribution in [3.05, 3.63) is 54.6 Å². The van der Waals surface area contributed by atoms with Crippen molar-refractivity contribution >= 4 is 5.69 Å². The summed E-state index contributed by atoms with van der Waals surface area (Å²) in [4.78, 5) is 0. The highest BCUT2D eigenvalue weighted by Crippen LogP contribution is 2.32. The zero-order valence-electron chi connectivity index (χ0n) is 9.24. The van der Waals surface area contributed by atoms with Gasteiger partial charge in [-0.25, -0.2) is 0 Å². The van der Waals surface area contributed by atoms with Gasteiger partial charge in [0, 0.05) is 0 Å². The van der Waals surface area contributed by atoms with E-state index in [4.69, 9.17) is 4.74 Å². The van der Waals surface area contributed by atoms with Gasteiger partial charge in [-0.15, -0.1) is 0 Å². The van der Waals surface area contributed by atoms with Crippen molar-refractivity contribution < 1.29 is 17.9 Å². The Morgan fingerprint density at radius 2 is 1.44 bits per heavy atom. The molecular weight excluding hydrogens is 243 g/mol. The summed E-state index contributed by atoms with van der Waals surface area (Å²) in [5.74, 6) is 0.606. The molecule has 1 N–H and O–H groups in total. The molecule has 5 heteroatoms. The molecule has 0 fully saturated rings. The predicted molar refractivity (Wildman–Crippen MR) is 62.6 cm³/mol. The van der Waals surface area contributed by atoms with E-state index in [9.17, 15) is 13.2 Å². The van der Waals surface area contributed by atoms with Crippen LogP contribution in [0.15, 0.2) is 54.6 Å². The topological polar surface area (TPSA) is 21.3 Å². The highest BCUT2D eigenvalue weighted by Gasteiger charge is 2.28. The second-order valence-electron chi connectivity index (χ2n) is 3.53. The number of nitrogens with one attached hydrogen (secondary N) is 1. The molecule has 0 aliphatic carbocycles. The van der Waals surface area contributed by atoms with E-state index < -0.39 is 6.30 Å². The lowest BCUT2D eigenvalue weighted by atomic mass is 10.3. The van der Waals surface area contributed by atoms with Crippen molar-refractivity contribution in [2.24, 2.45) is 0 Å². The number of rotatable bonds is 3. The zero-order valence-corrected chi connectivity index (χ0v) is 9.24. The molecule has 0 aliphatic heterocycles. The van der Waals surface area contributed by atoms with Gasteiger partial charge >= 0.3 is 6.30 Å². The van der Waals surface area contributed by atoms with E-state index in [-0.39, 0.29) is 11.4 Å². The fraction of sp³-hybridized carbons (Fsp3) is 0.0769. The Bertz CT molecular complexity index is 511. The zero-order chi connectivity index (χ0) is 13.0. The predicted octanol–water partition coefficient (Wildman–Crippen LogP) is 4.41. The molecule has 0 saturated carbocycles. The Hall–Kier alpha value is -2.17. The lowest BCUT2D eigenvalue weighted by molar-refractivity contribution is -0.100. The van der Waals surface area contributed by atoms with Crippen molar-refractivity contribution in [3.8, 4) is 11.5 Å². The minimum absolute atomic E-state index is 0.117. The smallest absolute Gasteiger partial charge is 0.455 e. The molecule has 2 aromatic carbocycles. The van der Waals surface area contributed by atoms with Gasteiger partial charge in [0.25, 0.3) is 0 Å². The van der Waals surface area contributed by atoms with Gasteiger partial charge in [0.15, 0.2) is 5.75 Å². The third-order valence-corrected chi connectivity index (χ3v) is 2.13.